The number of amides is 2. The number of nitrogens with two attached hydrogens (primary N) is 1. The monoisotopic (exact) mass is 250 g/mol. The molecule has 0 atom stereocenters. The fourth-order valence-corrected chi connectivity index (χ4v) is 1.80. The van der Waals surface area contributed by atoms with Crippen molar-refractivity contribution in [2.24, 2.45) is 5.73 Å². The van der Waals surface area contributed by atoms with E-state index in [4.69, 9.17) is 11.1 Å². The smallest absolute Gasteiger partial charge is 0.319 e. The van der Waals surface area contributed by atoms with Crippen molar-refractivity contribution < 1.29 is 9.18 Å². The van der Waals surface area contributed by atoms with Crippen LogP contribution in [-0.2, 0) is 0 Å². The number of urea groups is 1. The molecule has 0 saturated heterocycles. The van der Waals surface area contributed by atoms with Crippen LogP contribution in [0, 0.1) is 11.2 Å². The van der Waals surface area contributed by atoms with Crippen LogP contribution < -0.4 is 16.4 Å². The molecule has 0 heterocycles. The van der Waals surface area contributed by atoms with Gasteiger partial charge >= 0.3 is 6.03 Å². The molecule has 1 aromatic rings. The van der Waals surface area contributed by atoms with E-state index in [9.17, 15) is 9.18 Å². The second-order valence-electron chi connectivity index (χ2n) is 4.30. The number of carbonyl (C=O) groups excluding carboxylic acids is 1. The number of hydrogen-bond donors (Lipinski definition) is 4. The molecule has 1 fully saturated rings. The molecule has 1 aliphatic rings. The average Bonchev–Trinajstić information content (AvgIpc) is 2.23. The van der Waals surface area contributed by atoms with Gasteiger partial charge in [0.1, 0.15) is 11.7 Å². The molecule has 0 spiro atoms. The molecule has 0 radical (unpaired) electrons. The van der Waals surface area contributed by atoms with Gasteiger partial charge in [-0.05, 0) is 31.4 Å². The molecule has 0 aliphatic heterocycles. The normalized spacial score (nSPS) is 14.7. The van der Waals surface area contributed by atoms with E-state index in [1.807, 2.05) is 0 Å². The van der Waals surface area contributed by atoms with Gasteiger partial charge in [0.15, 0.2) is 0 Å². The Morgan fingerprint density at radius 3 is 2.72 bits per heavy atom. The quantitative estimate of drug-likeness (QED) is 0.486. The molecule has 6 heteroatoms. The number of benzene rings is 1. The third-order valence-electron chi connectivity index (χ3n) is 2.97. The van der Waals surface area contributed by atoms with Crippen molar-refractivity contribution in [1.82, 2.24) is 5.32 Å². The lowest BCUT2D eigenvalue weighted by Crippen LogP contribution is -2.42. The summed E-state index contributed by atoms with van der Waals surface area (Å²) in [6.07, 6.45) is 3.05. The van der Waals surface area contributed by atoms with E-state index >= 15 is 0 Å². The summed E-state index contributed by atoms with van der Waals surface area (Å²) in [5, 5.41) is 12.6. The molecule has 2 rings (SSSR count). The van der Waals surface area contributed by atoms with Crippen LogP contribution in [0.1, 0.15) is 24.8 Å². The Morgan fingerprint density at radius 2 is 2.17 bits per heavy atom. The van der Waals surface area contributed by atoms with Gasteiger partial charge in [-0.25, -0.2) is 9.18 Å². The lowest BCUT2D eigenvalue weighted by atomic mass is 9.93. The van der Waals surface area contributed by atoms with Crippen molar-refractivity contribution in [2.75, 3.05) is 5.32 Å². The van der Waals surface area contributed by atoms with E-state index in [1.165, 1.54) is 18.2 Å². The lowest BCUT2D eigenvalue weighted by Gasteiger charge is -2.26. The Kier molecular flexibility index (Phi) is 3.45. The van der Waals surface area contributed by atoms with Crippen molar-refractivity contribution in [2.45, 2.75) is 25.3 Å². The van der Waals surface area contributed by atoms with Gasteiger partial charge in [-0.1, -0.05) is 6.07 Å². The highest BCUT2D eigenvalue weighted by molar-refractivity contribution is 6.04. The molecule has 0 unspecified atom stereocenters. The molecule has 1 saturated carbocycles. The van der Waals surface area contributed by atoms with E-state index in [-0.39, 0.29) is 17.3 Å². The fraction of sp³-hybridized carbons (Fsp3) is 0.333. The van der Waals surface area contributed by atoms with Crippen molar-refractivity contribution in [1.29, 1.82) is 5.41 Å². The lowest BCUT2D eigenvalue weighted by molar-refractivity contribution is 0.240. The van der Waals surface area contributed by atoms with E-state index in [1.54, 1.807) is 0 Å². The van der Waals surface area contributed by atoms with Gasteiger partial charge < -0.3 is 16.4 Å². The largest absolute Gasteiger partial charge is 0.384 e. The third kappa shape index (κ3) is 2.58. The topological polar surface area (TPSA) is 91.0 Å². The molecule has 0 aromatic heterocycles. The van der Waals surface area contributed by atoms with Crippen molar-refractivity contribution >= 4 is 17.6 Å². The first-order chi connectivity index (χ1) is 8.58. The summed E-state index contributed by atoms with van der Waals surface area (Å²) in [5.74, 6) is -1.03. The second kappa shape index (κ2) is 5.03. The number of carbonyl (C=O) groups is 1. The fourth-order valence-electron chi connectivity index (χ4n) is 1.80. The Morgan fingerprint density at radius 1 is 1.44 bits per heavy atom. The number of nitrogens with one attached hydrogen (secondary N) is 3. The molecular weight excluding hydrogens is 235 g/mol. The Hall–Kier alpha value is -2.11. The zero-order valence-corrected chi connectivity index (χ0v) is 9.79. The molecule has 18 heavy (non-hydrogen) atoms. The summed E-state index contributed by atoms with van der Waals surface area (Å²) < 4.78 is 13.5. The highest BCUT2D eigenvalue weighted by Crippen LogP contribution is 2.20. The van der Waals surface area contributed by atoms with Gasteiger partial charge in [0, 0.05) is 6.04 Å². The zero-order chi connectivity index (χ0) is 13.1. The summed E-state index contributed by atoms with van der Waals surface area (Å²) in [6.45, 7) is 0. The van der Waals surface area contributed by atoms with Gasteiger partial charge in [-0.2, -0.15) is 0 Å². The van der Waals surface area contributed by atoms with Crippen LogP contribution >= 0.6 is 0 Å². The van der Waals surface area contributed by atoms with E-state index in [0.717, 1.165) is 19.3 Å². The van der Waals surface area contributed by atoms with Crippen LogP contribution in [-0.4, -0.2) is 17.9 Å². The van der Waals surface area contributed by atoms with Gasteiger partial charge in [0.25, 0.3) is 0 Å². The van der Waals surface area contributed by atoms with Crippen LogP contribution in [0.3, 0.4) is 0 Å². The number of amidine groups is 1. The molecule has 96 valence electrons. The SMILES string of the molecule is N=C(N)c1c(F)cccc1NC(=O)NC1CCC1. The molecule has 5 nitrogen and oxygen atoms in total. The standard InChI is InChI=1S/C12H15FN4O/c13-8-5-2-6-9(10(8)11(14)15)17-12(18)16-7-3-1-4-7/h2,5-7H,1,3-4H2,(H3,14,15)(H2,16,17,18). The maximum absolute atomic E-state index is 13.5. The molecule has 1 aliphatic carbocycles. The van der Waals surface area contributed by atoms with Gasteiger partial charge in [0.2, 0.25) is 0 Å². The van der Waals surface area contributed by atoms with Crippen LogP contribution in [0.15, 0.2) is 18.2 Å². The first-order valence-corrected chi connectivity index (χ1v) is 5.78. The van der Waals surface area contributed by atoms with Crippen LogP contribution in [0.25, 0.3) is 0 Å². The zero-order valence-electron chi connectivity index (χ0n) is 9.79. The maximum Gasteiger partial charge on any atom is 0.319 e. The van der Waals surface area contributed by atoms with E-state index < -0.39 is 17.7 Å². The number of halogens is 1. The third-order valence-corrected chi connectivity index (χ3v) is 2.97. The highest BCUT2D eigenvalue weighted by Gasteiger charge is 2.20. The van der Waals surface area contributed by atoms with Gasteiger partial charge in [-0.15, -0.1) is 0 Å². The average molecular weight is 250 g/mol. The molecule has 5 N–H and O–H groups in total. The number of rotatable bonds is 3. The molecule has 1 aromatic carbocycles. The molecule has 2 amide bonds. The highest BCUT2D eigenvalue weighted by atomic mass is 19.1. The minimum absolute atomic E-state index is 0.0822. The minimum atomic E-state index is -0.621. The number of nitrogen functional groups attached to an aromatic ring is 1. The predicted octanol–water partition coefficient (Wildman–Crippen LogP) is 1.78. The summed E-state index contributed by atoms with van der Waals surface area (Å²) in [5.41, 5.74) is 5.43. The summed E-state index contributed by atoms with van der Waals surface area (Å²) >= 11 is 0. The van der Waals surface area contributed by atoms with E-state index in [2.05, 4.69) is 10.6 Å². The van der Waals surface area contributed by atoms with Crippen LogP contribution in [0.5, 0.6) is 0 Å². The van der Waals surface area contributed by atoms with Crippen molar-refractivity contribution in [3.05, 3.63) is 29.6 Å². The first kappa shape index (κ1) is 12.3. The van der Waals surface area contributed by atoms with Crippen molar-refractivity contribution in [3.8, 4) is 0 Å². The Labute approximate surface area is 104 Å². The van der Waals surface area contributed by atoms with Gasteiger partial charge in [-0.3, -0.25) is 5.41 Å². The molecule has 0 bridgehead atoms. The van der Waals surface area contributed by atoms with Crippen molar-refractivity contribution in [3.63, 3.8) is 0 Å². The Bertz CT molecular complexity index is 485. The second-order valence-corrected chi connectivity index (χ2v) is 4.30. The van der Waals surface area contributed by atoms with Gasteiger partial charge in [0.05, 0.1) is 11.3 Å². The summed E-state index contributed by atoms with van der Waals surface area (Å²) in [4.78, 5) is 11.6. The van der Waals surface area contributed by atoms with Crippen LogP contribution in [0.2, 0.25) is 0 Å². The maximum atomic E-state index is 13.5. The first-order valence-electron chi connectivity index (χ1n) is 5.78. The number of hydrogen-bond acceptors (Lipinski definition) is 2. The molecular formula is C12H15FN4O. The van der Waals surface area contributed by atoms with Crippen LogP contribution in [0.4, 0.5) is 14.9 Å². The summed E-state index contributed by atoms with van der Waals surface area (Å²) in [7, 11) is 0. The summed E-state index contributed by atoms with van der Waals surface area (Å²) in [6, 6.07) is 3.97. The Balaban J connectivity index is 2.10. The number of anilines is 1. The predicted molar refractivity (Wildman–Crippen MR) is 67.2 cm³/mol. The van der Waals surface area contributed by atoms with E-state index in [0.29, 0.717) is 0 Å². The minimum Gasteiger partial charge on any atom is -0.384 e.